The molecule has 2 aromatic carbocycles. The first kappa shape index (κ1) is 17.7. The Balaban J connectivity index is 2.32. The first-order valence-electron chi connectivity index (χ1n) is 7.12. The molecule has 2 rings (SSSR count). The molecule has 0 radical (unpaired) electrons. The third-order valence-corrected chi connectivity index (χ3v) is 3.38. The zero-order valence-corrected chi connectivity index (χ0v) is 13.6. The second-order valence-corrected chi connectivity index (χ2v) is 4.85. The Hall–Kier alpha value is -3.66. The molecule has 0 fully saturated rings. The summed E-state index contributed by atoms with van der Waals surface area (Å²) in [6, 6.07) is 11.7. The van der Waals surface area contributed by atoms with Crippen LogP contribution < -0.4 is 4.90 Å². The number of anilines is 1. The number of carbonyl (C=O) groups is 3. The second kappa shape index (κ2) is 7.75. The Morgan fingerprint density at radius 2 is 1.44 bits per heavy atom. The van der Waals surface area contributed by atoms with E-state index in [1.807, 2.05) is 0 Å². The molecular formula is C18H14N2O5. The van der Waals surface area contributed by atoms with Crippen LogP contribution in [0.25, 0.3) is 0 Å². The molecule has 0 saturated carbocycles. The lowest BCUT2D eigenvalue weighted by atomic mass is 10.1. The van der Waals surface area contributed by atoms with Gasteiger partial charge in [0.1, 0.15) is 0 Å². The van der Waals surface area contributed by atoms with Gasteiger partial charge < -0.3 is 9.47 Å². The summed E-state index contributed by atoms with van der Waals surface area (Å²) in [6.07, 6.45) is 1.79. The quantitative estimate of drug-likeness (QED) is 0.482. The van der Waals surface area contributed by atoms with Crippen molar-refractivity contribution in [3.05, 3.63) is 65.2 Å². The predicted molar refractivity (Wildman–Crippen MR) is 88.0 cm³/mol. The van der Waals surface area contributed by atoms with Crippen molar-refractivity contribution in [3.63, 3.8) is 0 Å². The van der Waals surface area contributed by atoms with E-state index in [0.29, 0.717) is 5.56 Å². The van der Waals surface area contributed by atoms with Crippen molar-refractivity contribution >= 4 is 23.5 Å². The fraction of sp³-hybridized carbons (Fsp3) is 0.111. The van der Waals surface area contributed by atoms with Crippen LogP contribution in [0.3, 0.4) is 0 Å². The van der Waals surface area contributed by atoms with Crippen molar-refractivity contribution in [2.45, 2.75) is 0 Å². The highest BCUT2D eigenvalue weighted by atomic mass is 16.5. The van der Waals surface area contributed by atoms with Crippen molar-refractivity contribution in [2.75, 3.05) is 19.1 Å². The number of nitrogens with zero attached hydrogens (tertiary/aromatic N) is 2. The zero-order valence-electron chi connectivity index (χ0n) is 13.6. The van der Waals surface area contributed by atoms with Crippen molar-refractivity contribution in [2.24, 2.45) is 0 Å². The first-order chi connectivity index (χ1) is 12.0. The number of nitriles is 1. The maximum atomic E-state index is 12.6. The molecule has 0 spiro atoms. The lowest BCUT2D eigenvalue weighted by molar-refractivity contribution is 0.0592. The van der Waals surface area contributed by atoms with Gasteiger partial charge in [0, 0.05) is 5.56 Å². The highest BCUT2D eigenvalue weighted by Crippen LogP contribution is 2.19. The highest BCUT2D eigenvalue weighted by molar-refractivity contribution is 6.09. The van der Waals surface area contributed by atoms with E-state index in [9.17, 15) is 19.6 Å². The second-order valence-electron chi connectivity index (χ2n) is 4.85. The molecule has 0 aliphatic carbocycles. The maximum Gasteiger partial charge on any atom is 0.337 e. The average molecular weight is 338 g/mol. The SMILES string of the molecule is COC(=O)c1ccc(N(C#N)C(=O)c2cccc(C(=O)OC)c2)cc1. The zero-order chi connectivity index (χ0) is 18.4. The normalized spacial score (nSPS) is 9.64. The number of esters is 2. The molecular weight excluding hydrogens is 324 g/mol. The minimum absolute atomic E-state index is 0.154. The van der Waals surface area contributed by atoms with E-state index >= 15 is 0 Å². The van der Waals surface area contributed by atoms with E-state index in [4.69, 9.17) is 0 Å². The van der Waals surface area contributed by atoms with Crippen molar-refractivity contribution in [3.8, 4) is 6.19 Å². The van der Waals surface area contributed by atoms with Gasteiger partial charge in [0.25, 0.3) is 5.91 Å². The van der Waals surface area contributed by atoms with Gasteiger partial charge in [-0.1, -0.05) is 6.07 Å². The molecule has 1 amide bonds. The summed E-state index contributed by atoms with van der Waals surface area (Å²) in [7, 11) is 2.50. The molecule has 0 aliphatic rings. The molecule has 25 heavy (non-hydrogen) atoms. The van der Waals surface area contributed by atoms with Crippen LogP contribution in [0, 0.1) is 11.5 Å². The van der Waals surface area contributed by atoms with Crippen LogP contribution in [0.1, 0.15) is 31.1 Å². The fourth-order valence-corrected chi connectivity index (χ4v) is 2.11. The van der Waals surface area contributed by atoms with E-state index in [-0.39, 0.29) is 16.8 Å². The third-order valence-electron chi connectivity index (χ3n) is 3.38. The van der Waals surface area contributed by atoms with Gasteiger partial charge >= 0.3 is 11.9 Å². The van der Waals surface area contributed by atoms with Crippen molar-refractivity contribution < 1.29 is 23.9 Å². The summed E-state index contributed by atoms with van der Waals surface area (Å²) in [4.78, 5) is 36.4. The highest BCUT2D eigenvalue weighted by Gasteiger charge is 2.19. The van der Waals surface area contributed by atoms with Gasteiger partial charge in [0.05, 0.1) is 31.0 Å². The van der Waals surface area contributed by atoms with Gasteiger partial charge in [-0.3, -0.25) is 4.79 Å². The number of benzene rings is 2. The molecule has 126 valence electrons. The Kier molecular flexibility index (Phi) is 5.48. The summed E-state index contributed by atoms with van der Waals surface area (Å²) < 4.78 is 9.21. The van der Waals surface area contributed by atoms with Crippen LogP contribution in [0.5, 0.6) is 0 Å². The molecule has 7 heteroatoms. The summed E-state index contributed by atoms with van der Waals surface area (Å²) >= 11 is 0. The van der Waals surface area contributed by atoms with Gasteiger partial charge in [-0.2, -0.15) is 5.26 Å². The van der Waals surface area contributed by atoms with Crippen molar-refractivity contribution in [1.29, 1.82) is 5.26 Å². The van der Waals surface area contributed by atoms with Crippen LogP contribution in [-0.2, 0) is 9.47 Å². The summed E-state index contributed by atoms with van der Waals surface area (Å²) in [5, 5.41) is 9.33. The Labute approximate surface area is 144 Å². The molecule has 2 aromatic rings. The Morgan fingerprint density at radius 3 is 2.00 bits per heavy atom. The van der Waals surface area contributed by atoms with Crippen LogP contribution in [-0.4, -0.2) is 32.1 Å². The van der Waals surface area contributed by atoms with Gasteiger partial charge in [0.2, 0.25) is 0 Å². The molecule has 0 bridgehead atoms. The number of carbonyl (C=O) groups excluding carboxylic acids is 3. The number of methoxy groups -OCH3 is 2. The smallest absolute Gasteiger partial charge is 0.337 e. The lowest BCUT2D eigenvalue weighted by Crippen LogP contribution is -2.26. The molecule has 0 aliphatic heterocycles. The molecule has 0 atom stereocenters. The number of amides is 1. The van der Waals surface area contributed by atoms with E-state index in [1.165, 1.54) is 62.8 Å². The Morgan fingerprint density at radius 1 is 0.880 bits per heavy atom. The van der Waals surface area contributed by atoms with Crippen LogP contribution in [0.4, 0.5) is 5.69 Å². The van der Waals surface area contributed by atoms with Gasteiger partial charge in [0.15, 0.2) is 6.19 Å². The first-order valence-corrected chi connectivity index (χ1v) is 7.12. The van der Waals surface area contributed by atoms with Gasteiger partial charge in [-0.05, 0) is 42.5 Å². The fourth-order valence-electron chi connectivity index (χ4n) is 2.11. The molecule has 0 saturated heterocycles. The largest absolute Gasteiger partial charge is 0.465 e. The number of ether oxygens (including phenoxy) is 2. The third kappa shape index (κ3) is 3.82. The summed E-state index contributed by atoms with van der Waals surface area (Å²) in [6.45, 7) is 0. The number of hydrogen-bond acceptors (Lipinski definition) is 6. The van der Waals surface area contributed by atoms with E-state index in [0.717, 1.165) is 4.90 Å². The van der Waals surface area contributed by atoms with Crippen molar-refractivity contribution in [1.82, 2.24) is 0 Å². The molecule has 0 aromatic heterocycles. The standard InChI is InChI=1S/C18H14N2O5/c1-24-17(22)12-6-8-15(9-7-12)20(11-19)16(21)13-4-3-5-14(10-13)18(23)25-2/h3-10H,1-2H3. The van der Waals surface area contributed by atoms with Crippen LogP contribution >= 0.6 is 0 Å². The molecule has 7 nitrogen and oxygen atoms in total. The summed E-state index contributed by atoms with van der Waals surface area (Å²) in [5.74, 6) is -1.72. The molecule has 0 N–H and O–H groups in total. The number of hydrogen-bond donors (Lipinski definition) is 0. The van der Waals surface area contributed by atoms with Gasteiger partial charge in [-0.25, -0.2) is 14.5 Å². The number of rotatable bonds is 4. The molecule has 0 unspecified atom stereocenters. The topological polar surface area (TPSA) is 96.7 Å². The maximum absolute atomic E-state index is 12.6. The Bertz CT molecular complexity index is 853. The van der Waals surface area contributed by atoms with Gasteiger partial charge in [-0.15, -0.1) is 0 Å². The monoisotopic (exact) mass is 338 g/mol. The summed E-state index contributed by atoms with van der Waals surface area (Å²) in [5.41, 5.74) is 0.932. The van der Waals surface area contributed by atoms with Crippen LogP contribution in [0.2, 0.25) is 0 Å². The van der Waals surface area contributed by atoms with E-state index < -0.39 is 17.8 Å². The average Bonchev–Trinajstić information content (AvgIpc) is 2.67. The molecule has 0 heterocycles. The minimum atomic E-state index is -0.612. The van der Waals surface area contributed by atoms with Crippen LogP contribution in [0.15, 0.2) is 48.5 Å². The minimum Gasteiger partial charge on any atom is -0.465 e. The van der Waals surface area contributed by atoms with E-state index in [2.05, 4.69) is 9.47 Å². The lowest BCUT2D eigenvalue weighted by Gasteiger charge is -2.14. The predicted octanol–water partition coefficient (Wildman–Crippen LogP) is 2.39. The van der Waals surface area contributed by atoms with E-state index in [1.54, 1.807) is 6.19 Å².